The number of carbonyl (C=O) groups is 1. The maximum atomic E-state index is 16.4. The van der Waals surface area contributed by atoms with Crippen LogP contribution in [0, 0.1) is 17.8 Å². The molecule has 6 atom stereocenters. The molecule has 2 fully saturated rings. The first kappa shape index (κ1) is 26.0. The van der Waals surface area contributed by atoms with E-state index >= 15 is 8.78 Å². The fourth-order valence-electron chi connectivity index (χ4n) is 5.52. The normalized spacial score (nSPS) is 32.1. The van der Waals surface area contributed by atoms with Gasteiger partial charge in [0.1, 0.15) is 0 Å². The molecule has 31 heavy (non-hydrogen) atoms. The summed E-state index contributed by atoms with van der Waals surface area (Å²) < 4.78 is 90.9. The average molecular weight is 456 g/mol. The molecule has 0 saturated heterocycles. The van der Waals surface area contributed by atoms with Crippen molar-refractivity contribution in [3.63, 3.8) is 0 Å². The minimum Gasteiger partial charge on any atom is -0.449 e. The van der Waals surface area contributed by atoms with Crippen LogP contribution in [-0.2, 0) is 19.0 Å². The highest BCUT2D eigenvalue weighted by atomic mass is 19.4. The molecule has 0 aromatic rings. The number of ether oxygens (including phenoxy) is 3. The third-order valence-corrected chi connectivity index (χ3v) is 6.98. The first-order valence-electron chi connectivity index (χ1n) is 10.9. The zero-order valence-corrected chi connectivity index (χ0v) is 18.6. The molecule has 0 heterocycles. The van der Waals surface area contributed by atoms with Gasteiger partial charge in [-0.1, -0.05) is 26.3 Å². The highest BCUT2D eigenvalue weighted by molar-refractivity contribution is 5.81. The maximum Gasteiger partial charge on any atom is 0.423 e. The van der Waals surface area contributed by atoms with E-state index in [1.165, 1.54) is 6.92 Å². The van der Waals surface area contributed by atoms with Gasteiger partial charge < -0.3 is 14.2 Å². The fraction of sp³-hybridized carbons (Fsp3) is 0.864. The van der Waals surface area contributed by atoms with Crippen molar-refractivity contribution >= 4 is 5.97 Å². The van der Waals surface area contributed by atoms with Gasteiger partial charge in [-0.05, 0) is 52.4 Å². The molecule has 2 rings (SSSR count). The highest BCUT2D eigenvalue weighted by Gasteiger charge is 2.80. The molecule has 2 aliphatic carbocycles. The van der Waals surface area contributed by atoms with Gasteiger partial charge in [0.15, 0.2) is 11.9 Å². The van der Waals surface area contributed by atoms with Gasteiger partial charge in [-0.25, -0.2) is 4.79 Å². The molecule has 4 nitrogen and oxygen atoms in total. The molecule has 0 aromatic heterocycles. The quantitative estimate of drug-likeness (QED) is 0.184. The van der Waals surface area contributed by atoms with Crippen LogP contribution in [0.3, 0.4) is 0 Å². The summed E-state index contributed by atoms with van der Waals surface area (Å²) in [4.78, 5) is 12.2. The second-order valence-electron chi connectivity index (χ2n) is 8.73. The number of carbonyl (C=O) groups excluding carboxylic acids is 1. The van der Waals surface area contributed by atoms with Crippen molar-refractivity contribution < 1.29 is 41.0 Å². The molecule has 6 unspecified atom stereocenters. The smallest absolute Gasteiger partial charge is 0.423 e. The predicted octanol–water partition coefficient (Wildman–Crippen LogP) is 6.05. The van der Waals surface area contributed by atoms with Gasteiger partial charge in [-0.15, -0.1) is 0 Å². The van der Waals surface area contributed by atoms with Crippen LogP contribution in [0.2, 0.25) is 0 Å². The van der Waals surface area contributed by atoms with E-state index in [-0.39, 0.29) is 38.2 Å². The summed E-state index contributed by atoms with van der Waals surface area (Å²) in [6.45, 7) is 7.87. The third kappa shape index (κ3) is 4.36. The molecule has 0 radical (unpaired) electrons. The Hall–Kier alpha value is -1.22. The topological polar surface area (TPSA) is 44.8 Å². The van der Waals surface area contributed by atoms with Crippen LogP contribution in [0.25, 0.3) is 0 Å². The number of alkyl halides is 5. The largest absolute Gasteiger partial charge is 0.449 e. The van der Waals surface area contributed by atoms with Crippen LogP contribution in [-0.4, -0.2) is 42.2 Å². The fourth-order valence-corrected chi connectivity index (χ4v) is 5.52. The van der Waals surface area contributed by atoms with E-state index in [0.717, 1.165) is 13.3 Å². The van der Waals surface area contributed by atoms with Crippen molar-refractivity contribution in [2.45, 2.75) is 95.8 Å². The molecule has 0 aromatic carbocycles. The lowest BCUT2D eigenvalue weighted by atomic mass is 9.54. The molecule has 2 aliphatic rings. The first-order valence-corrected chi connectivity index (χ1v) is 10.9. The Morgan fingerprint density at radius 3 is 2.35 bits per heavy atom. The van der Waals surface area contributed by atoms with Crippen LogP contribution in [0.4, 0.5) is 22.0 Å². The van der Waals surface area contributed by atoms with E-state index in [0.29, 0.717) is 19.4 Å². The minimum atomic E-state index is -5.46. The van der Waals surface area contributed by atoms with Crippen LogP contribution in [0.5, 0.6) is 0 Å². The van der Waals surface area contributed by atoms with Gasteiger partial charge >= 0.3 is 18.1 Å². The Bertz CT molecular complexity index is 648. The summed E-state index contributed by atoms with van der Waals surface area (Å²) in [6.07, 6.45) is -3.92. The van der Waals surface area contributed by atoms with Gasteiger partial charge in [-0.2, -0.15) is 22.0 Å². The SMILES string of the molecule is C=CC(=O)OC1(C(F)(F)C(C)(OC(C)OCC)C(F)(F)F)C(CC)CC2CCCC1C2. The molecular weight excluding hydrogens is 423 g/mol. The molecule has 2 bridgehead atoms. The predicted molar refractivity (Wildman–Crippen MR) is 104 cm³/mol. The second kappa shape index (κ2) is 9.33. The standard InChI is InChI=1S/C22H33F5O4/c1-6-16-12-15-10-9-11-17(13-15)20(16,31-18(28)7-2)21(23,24)19(5,22(25,26)27)30-14(4)29-8-3/h7,14-17H,2,6,8-13H2,1,3-5H3. The molecule has 0 amide bonds. The lowest BCUT2D eigenvalue weighted by molar-refractivity contribution is -0.413. The zero-order chi connectivity index (χ0) is 23.7. The van der Waals surface area contributed by atoms with Crippen molar-refractivity contribution in [3.8, 4) is 0 Å². The summed E-state index contributed by atoms with van der Waals surface area (Å²) in [6, 6.07) is 0. The van der Waals surface area contributed by atoms with Gasteiger partial charge in [0, 0.05) is 24.5 Å². The zero-order valence-electron chi connectivity index (χ0n) is 18.6. The molecule has 0 spiro atoms. The lowest BCUT2D eigenvalue weighted by Gasteiger charge is -2.58. The van der Waals surface area contributed by atoms with Gasteiger partial charge in [0.2, 0.25) is 5.60 Å². The number of halogens is 5. The van der Waals surface area contributed by atoms with Crippen molar-refractivity contribution in [1.29, 1.82) is 0 Å². The second-order valence-corrected chi connectivity index (χ2v) is 8.73. The minimum absolute atomic E-state index is 0.0147. The number of hydrogen-bond donors (Lipinski definition) is 0. The van der Waals surface area contributed by atoms with E-state index in [4.69, 9.17) is 14.2 Å². The van der Waals surface area contributed by atoms with Crippen molar-refractivity contribution in [2.75, 3.05) is 6.61 Å². The third-order valence-electron chi connectivity index (χ3n) is 6.98. The number of esters is 1. The van der Waals surface area contributed by atoms with Gasteiger partial charge in [0.25, 0.3) is 0 Å². The summed E-state index contributed by atoms with van der Waals surface area (Å²) in [7, 11) is 0. The molecule has 9 heteroatoms. The van der Waals surface area contributed by atoms with E-state index in [1.807, 2.05) is 0 Å². The Kier molecular flexibility index (Phi) is 7.84. The number of rotatable bonds is 9. The van der Waals surface area contributed by atoms with Gasteiger partial charge in [-0.3, -0.25) is 0 Å². The maximum absolute atomic E-state index is 16.4. The summed E-state index contributed by atoms with van der Waals surface area (Å²) in [5.41, 5.74) is -6.60. The van der Waals surface area contributed by atoms with Crippen molar-refractivity contribution in [3.05, 3.63) is 12.7 Å². The van der Waals surface area contributed by atoms with Crippen LogP contribution in [0.15, 0.2) is 12.7 Å². The summed E-state index contributed by atoms with van der Waals surface area (Å²) in [5, 5.41) is 0. The molecule has 0 N–H and O–H groups in total. The monoisotopic (exact) mass is 456 g/mol. The summed E-state index contributed by atoms with van der Waals surface area (Å²) >= 11 is 0. The number of hydrogen-bond acceptors (Lipinski definition) is 4. The van der Waals surface area contributed by atoms with E-state index in [2.05, 4.69) is 6.58 Å². The molecule has 180 valence electrons. The van der Waals surface area contributed by atoms with Crippen LogP contribution < -0.4 is 0 Å². The van der Waals surface area contributed by atoms with E-state index < -0.39 is 47.4 Å². The van der Waals surface area contributed by atoms with E-state index in [1.54, 1.807) is 6.92 Å². The van der Waals surface area contributed by atoms with Crippen LogP contribution >= 0.6 is 0 Å². The Morgan fingerprint density at radius 2 is 1.84 bits per heavy atom. The van der Waals surface area contributed by atoms with Crippen LogP contribution in [0.1, 0.15) is 66.2 Å². The summed E-state index contributed by atoms with van der Waals surface area (Å²) in [5.74, 6) is -7.50. The van der Waals surface area contributed by atoms with Crippen molar-refractivity contribution in [2.24, 2.45) is 17.8 Å². The molecule has 0 aliphatic heterocycles. The average Bonchev–Trinajstić information content (AvgIpc) is 2.68. The van der Waals surface area contributed by atoms with Crippen molar-refractivity contribution in [1.82, 2.24) is 0 Å². The Morgan fingerprint density at radius 1 is 1.19 bits per heavy atom. The Labute approximate surface area is 180 Å². The molecular formula is C22H33F5O4. The van der Waals surface area contributed by atoms with E-state index in [9.17, 15) is 18.0 Å². The first-order chi connectivity index (χ1) is 14.3. The van der Waals surface area contributed by atoms with Gasteiger partial charge in [0.05, 0.1) is 0 Å². The lowest BCUT2D eigenvalue weighted by Crippen LogP contribution is -2.75. The molecule has 2 saturated carbocycles. The highest BCUT2D eigenvalue weighted by Crippen LogP contribution is 2.62. The number of fused-ring (bicyclic) bond motifs is 2. The Balaban J connectivity index is 2.71.